The number of ether oxygens (including phenoxy) is 1. The average molecular weight is 326 g/mol. The Balaban J connectivity index is 1.62. The number of carbonyl (C=O) groups excluding carboxylic acids is 1. The third-order valence-electron chi connectivity index (χ3n) is 3.76. The zero-order chi connectivity index (χ0) is 15.9. The van der Waals surface area contributed by atoms with Crippen LogP contribution >= 0.6 is 11.3 Å². The fourth-order valence-corrected chi connectivity index (χ4v) is 3.26. The largest absolute Gasteiger partial charge is 0.379 e. The lowest BCUT2D eigenvalue weighted by Crippen LogP contribution is -2.43. The first-order chi connectivity index (χ1) is 10.5. The minimum Gasteiger partial charge on any atom is -0.379 e. The molecule has 2 rings (SSSR count). The number of hydrogen-bond donors (Lipinski definition) is 2. The monoisotopic (exact) mass is 326 g/mol. The van der Waals surface area contributed by atoms with Crippen LogP contribution in [0, 0.1) is 19.8 Å². The highest BCUT2D eigenvalue weighted by atomic mass is 32.1. The van der Waals surface area contributed by atoms with Crippen LogP contribution in [0.15, 0.2) is 0 Å². The van der Waals surface area contributed by atoms with Crippen molar-refractivity contribution in [2.75, 3.05) is 39.4 Å². The number of amides is 2. The summed E-state index contributed by atoms with van der Waals surface area (Å²) in [6, 6.07) is -0.126. The first-order valence-corrected chi connectivity index (χ1v) is 8.61. The van der Waals surface area contributed by atoms with Crippen molar-refractivity contribution in [3.05, 3.63) is 15.6 Å². The Kier molecular flexibility index (Phi) is 6.60. The lowest BCUT2D eigenvalue weighted by Gasteiger charge is -2.29. The first-order valence-electron chi connectivity index (χ1n) is 7.79. The van der Waals surface area contributed by atoms with Gasteiger partial charge in [0.25, 0.3) is 0 Å². The first kappa shape index (κ1) is 17.2. The normalized spacial score (nSPS) is 17.2. The van der Waals surface area contributed by atoms with Gasteiger partial charge in [0.05, 0.1) is 25.5 Å². The lowest BCUT2D eigenvalue weighted by atomic mass is 10.1. The van der Waals surface area contributed by atoms with Crippen molar-refractivity contribution in [2.24, 2.45) is 5.92 Å². The van der Waals surface area contributed by atoms with Crippen molar-refractivity contribution < 1.29 is 9.53 Å². The van der Waals surface area contributed by atoms with Crippen LogP contribution in [0.5, 0.6) is 0 Å². The number of urea groups is 1. The summed E-state index contributed by atoms with van der Waals surface area (Å²) < 4.78 is 5.34. The maximum absolute atomic E-state index is 11.8. The third-order valence-corrected chi connectivity index (χ3v) is 4.83. The number of nitrogens with zero attached hydrogens (tertiary/aromatic N) is 2. The van der Waals surface area contributed by atoms with Gasteiger partial charge in [-0.05, 0) is 19.8 Å². The molecule has 1 saturated heterocycles. The van der Waals surface area contributed by atoms with Crippen LogP contribution in [-0.4, -0.2) is 55.3 Å². The number of carbonyl (C=O) groups is 1. The molecule has 0 aliphatic carbocycles. The maximum Gasteiger partial charge on any atom is 0.315 e. The zero-order valence-electron chi connectivity index (χ0n) is 13.6. The van der Waals surface area contributed by atoms with E-state index >= 15 is 0 Å². The Morgan fingerprint density at radius 2 is 2.09 bits per heavy atom. The number of rotatable bonds is 6. The number of aromatic nitrogens is 1. The Hall–Kier alpha value is -1.18. The lowest BCUT2D eigenvalue weighted by molar-refractivity contribution is 0.0319. The summed E-state index contributed by atoms with van der Waals surface area (Å²) in [5.74, 6) is 0.424. The van der Waals surface area contributed by atoms with E-state index in [1.165, 1.54) is 4.88 Å². The number of thiazole rings is 1. The van der Waals surface area contributed by atoms with Gasteiger partial charge >= 0.3 is 6.03 Å². The summed E-state index contributed by atoms with van der Waals surface area (Å²) >= 11 is 1.63. The molecule has 1 aliphatic heterocycles. The summed E-state index contributed by atoms with van der Waals surface area (Å²) in [6.45, 7) is 12.0. The highest BCUT2D eigenvalue weighted by Gasteiger charge is 2.14. The van der Waals surface area contributed by atoms with Crippen molar-refractivity contribution in [3.63, 3.8) is 0 Å². The highest BCUT2D eigenvalue weighted by Crippen LogP contribution is 2.15. The zero-order valence-corrected chi connectivity index (χ0v) is 14.5. The van der Waals surface area contributed by atoms with E-state index in [1.54, 1.807) is 11.3 Å². The van der Waals surface area contributed by atoms with Gasteiger partial charge in [-0.25, -0.2) is 9.78 Å². The van der Waals surface area contributed by atoms with Crippen LogP contribution in [0.4, 0.5) is 4.79 Å². The van der Waals surface area contributed by atoms with Gasteiger partial charge in [0.2, 0.25) is 0 Å². The molecule has 2 amide bonds. The number of morpholine rings is 1. The predicted molar refractivity (Wildman–Crippen MR) is 88.2 cm³/mol. The predicted octanol–water partition coefficient (Wildman–Crippen LogP) is 1.53. The molecular formula is C15H26N4O2S. The molecule has 0 radical (unpaired) electrons. The van der Waals surface area contributed by atoms with Crippen LogP contribution in [-0.2, 0) is 11.3 Å². The molecule has 1 aromatic heterocycles. The topological polar surface area (TPSA) is 66.5 Å². The second-order valence-corrected chi connectivity index (χ2v) is 7.12. The molecule has 1 fully saturated rings. The van der Waals surface area contributed by atoms with Gasteiger partial charge in [0.15, 0.2) is 0 Å². The van der Waals surface area contributed by atoms with E-state index in [0.717, 1.165) is 43.5 Å². The molecule has 22 heavy (non-hydrogen) atoms. The second kappa shape index (κ2) is 8.45. The van der Waals surface area contributed by atoms with Gasteiger partial charge < -0.3 is 15.4 Å². The van der Waals surface area contributed by atoms with E-state index in [-0.39, 0.29) is 6.03 Å². The molecule has 0 bridgehead atoms. The minimum absolute atomic E-state index is 0.126. The van der Waals surface area contributed by atoms with Crippen LogP contribution in [0.1, 0.15) is 22.5 Å². The Morgan fingerprint density at radius 3 is 2.73 bits per heavy atom. The molecule has 1 aliphatic rings. The number of hydrogen-bond acceptors (Lipinski definition) is 5. The summed E-state index contributed by atoms with van der Waals surface area (Å²) in [5, 5.41) is 6.75. The molecule has 0 saturated carbocycles. The minimum atomic E-state index is -0.126. The Morgan fingerprint density at radius 1 is 1.36 bits per heavy atom. The second-order valence-electron chi connectivity index (χ2n) is 5.83. The van der Waals surface area contributed by atoms with Crippen LogP contribution in [0.3, 0.4) is 0 Å². The fourth-order valence-electron chi connectivity index (χ4n) is 2.39. The van der Waals surface area contributed by atoms with Gasteiger partial charge in [0.1, 0.15) is 5.01 Å². The molecule has 1 atom stereocenters. The van der Waals surface area contributed by atoms with E-state index in [0.29, 0.717) is 19.0 Å². The van der Waals surface area contributed by atoms with E-state index in [2.05, 4.69) is 27.4 Å². The van der Waals surface area contributed by atoms with Gasteiger partial charge in [-0.15, -0.1) is 11.3 Å². The third kappa shape index (κ3) is 5.55. The SMILES string of the molecule is Cc1nc(CNC(=O)NCC(C)CN2CCOCC2)sc1C. The summed E-state index contributed by atoms with van der Waals surface area (Å²) in [4.78, 5) is 19.8. The van der Waals surface area contributed by atoms with E-state index in [1.807, 2.05) is 13.8 Å². The van der Waals surface area contributed by atoms with E-state index in [9.17, 15) is 4.79 Å². The van der Waals surface area contributed by atoms with Crippen LogP contribution < -0.4 is 10.6 Å². The van der Waals surface area contributed by atoms with Gasteiger partial charge in [-0.1, -0.05) is 6.92 Å². The average Bonchev–Trinajstić information content (AvgIpc) is 2.83. The molecule has 0 spiro atoms. The smallest absolute Gasteiger partial charge is 0.315 e. The summed E-state index contributed by atoms with van der Waals surface area (Å²) in [7, 11) is 0. The molecular weight excluding hydrogens is 300 g/mol. The highest BCUT2D eigenvalue weighted by molar-refractivity contribution is 7.11. The van der Waals surface area contributed by atoms with E-state index < -0.39 is 0 Å². The number of nitrogens with one attached hydrogen (secondary N) is 2. The van der Waals surface area contributed by atoms with Crippen molar-refractivity contribution >= 4 is 17.4 Å². The van der Waals surface area contributed by atoms with Crippen molar-refractivity contribution in [2.45, 2.75) is 27.3 Å². The summed E-state index contributed by atoms with van der Waals surface area (Å²) in [5.41, 5.74) is 1.04. The Bertz CT molecular complexity index is 466. The molecule has 6 nitrogen and oxygen atoms in total. The maximum atomic E-state index is 11.8. The van der Waals surface area contributed by atoms with E-state index in [4.69, 9.17) is 4.74 Å². The molecule has 2 N–H and O–H groups in total. The van der Waals surface area contributed by atoms with Gasteiger partial charge in [-0.3, -0.25) is 4.90 Å². The molecule has 0 aromatic carbocycles. The van der Waals surface area contributed by atoms with Crippen LogP contribution in [0.25, 0.3) is 0 Å². The van der Waals surface area contributed by atoms with Gasteiger partial charge in [-0.2, -0.15) is 0 Å². The molecule has 124 valence electrons. The fraction of sp³-hybridized carbons (Fsp3) is 0.733. The van der Waals surface area contributed by atoms with Gasteiger partial charge in [0, 0.05) is 31.1 Å². The molecule has 2 heterocycles. The molecule has 1 unspecified atom stereocenters. The van der Waals surface area contributed by atoms with Crippen molar-refractivity contribution in [1.82, 2.24) is 20.5 Å². The molecule has 1 aromatic rings. The van der Waals surface area contributed by atoms with Crippen molar-refractivity contribution in [1.29, 1.82) is 0 Å². The van der Waals surface area contributed by atoms with Crippen molar-refractivity contribution in [3.8, 4) is 0 Å². The standard InChI is InChI=1S/C15H26N4O2S/c1-11(10-19-4-6-21-7-5-19)8-16-15(20)17-9-14-18-12(2)13(3)22-14/h11H,4-10H2,1-3H3,(H2,16,17,20). The van der Waals surface area contributed by atoms with Crippen LogP contribution in [0.2, 0.25) is 0 Å². The Labute approximate surface area is 136 Å². The quantitative estimate of drug-likeness (QED) is 0.832. The molecule has 7 heteroatoms. The number of aryl methyl sites for hydroxylation is 2. The summed E-state index contributed by atoms with van der Waals surface area (Å²) in [6.07, 6.45) is 0.